The zero-order chi connectivity index (χ0) is 10.1. The highest BCUT2D eigenvalue weighted by Crippen LogP contribution is 2.33. The summed E-state index contributed by atoms with van der Waals surface area (Å²) in [6, 6.07) is 3.94. The van der Waals surface area contributed by atoms with Crippen LogP contribution >= 0.6 is 31.9 Å². The van der Waals surface area contributed by atoms with Crippen LogP contribution < -0.4 is 4.74 Å². The zero-order valence-corrected chi connectivity index (χ0v) is 10.9. The Balaban J connectivity index is 2.11. The topological polar surface area (TPSA) is 21.8 Å². The quantitative estimate of drug-likeness (QED) is 0.797. The Kier molecular flexibility index (Phi) is 3.14. The van der Waals surface area contributed by atoms with E-state index in [2.05, 4.69) is 31.9 Å². The highest BCUT2D eigenvalue weighted by atomic mass is 79.9. The largest absolute Gasteiger partial charge is 0.490 e. The van der Waals surface area contributed by atoms with Gasteiger partial charge in [0.25, 0.3) is 0 Å². The van der Waals surface area contributed by atoms with E-state index in [-0.39, 0.29) is 0 Å². The van der Waals surface area contributed by atoms with Gasteiger partial charge in [0.1, 0.15) is 18.5 Å². The van der Waals surface area contributed by atoms with Crippen molar-refractivity contribution in [2.75, 3.05) is 13.2 Å². The molecule has 0 aromatic heterocycles. The third-order valence-corrected chi connectivity index (χ3v) is 4.33. The number of ether oxygens (including phenoxy) is 2. The van der Waals surface area contributed by atoms with Crippen molar-refractivity contribution in [3.63, 3.8) is 0 Å². The normalized spacial score (nSPS) is 19.5. The van der Waals surface area contributed by atoms with E-state index < -0.39 is 0 Å². The van der Waals surface area contributed by atoms with Gasteiger partial charge in [-0.05, 0) is 50.9 Å². The SMILES string of the molecule is Cc1c(OCC2CO2)ccc(Br)c1Br. The molecule has 1 aliphatic heterocycles. The van der Waals surface area contributed by atoms with Crippen LogP contribution in [0.15, 0.2) is 21.1 Å². The summed E-state index contributed by atoms with van der Waals surface area (Å²) < 4.78 is 12.8. The molecule has 0 N–H and O–H groups in total. The van der Waals surface area contributed by atoms with Gasteiger partial charge in [0.15, 0.2) is 0 Å². The number of rotatable bonds is 3. The number of hydrogen-bond acceptors (Lipinski definition) is 2. The van der Waals surface area contributed by atoms with E-state index in [1.54, 1.807) is 0 Å². The summed E-state index contributed by atoms with van der Waals surface area (Å²) in [6.45, 7) is 3.50. The van der Waals surface area contributed by atoms with Crippen LogP contribution in [0.3, 0.4) is 0 Å². The first kappa shape index (κ1) is 10.5. The van der Waals surface area contributed by atoms with E-state index in [0.29, 0.717) is 12.7 Å². The van der Waals surface area contributed by atoms with Crippen molar-refractivity contribution in [3.8, 4) is 5.75 Å². The van der Waals surface area contributed by atoms with E-state index in [9.17, 15) is 0 Å². The maximum absolute atomic E-state index is 5.62. The molecule has 0 aliphatic carbocycles. The van der Waals surface area contributed by atoms with Gasteiger partial charge in [0.2, 0.25) is 0 Å². The van der Waals surface area contributed by atoms with E-state index in [4.69, 9.17) is 9.47 Å². The minimum Gasteiger partial charge on any atom is -0.490 e. The van der Waals surface area contributed by atoms with Gasteiger partial charge in [-0.15, -0.1) is 0 Å². The lowest BCUT2D eigenvalue weighted by Gasteiger charge is -2.10. The van der Waals surface area contributed by atoms with Crippen molar-refractivity contribution in [1.82, 2.24) is 0 Å². The second kappa shape index (κ2) is 4.21. The second-order valence-electron chi connectivity index (χ2n) is 3.25. The van der Waals surface area contributed by atoms with Crippen molar-refractivity contribution in [2.45, 2.75) is 13.0 Å². The lowest BCUT2D eigenvalue weighted by Crippen LogP contribution is -2.05. The van der Waals surface area contributed by atoms with Crippen molar-refractivity contribution < 1.29 is 9.47 Å². The Labute approximate surface area is 99.8 Å². The molecule has 0 spiro atoms. The van der Waals surface area contributed by atoms with Crippen molar-refractivity contribution in [3.05, 3.63) is 26.6 Å². The molecule has 1 heterocycles. The molecule has 1 aliphatic rings. The minimum absolute atomic E-state index is 0.303. The van der Waals surface area contributed by atoms with Crippen LogP contribution in [-0.2, 0) is 4.74 Å². The molecule has 76 valence electrons. The van der Waals surface area contributed by atoms with Crippen LogP contribution in [0.25, 0.3) is 0 Å². The number of benzene rings is 1. The fourth-order valence-corrected chi connectivity index (χ4v) is 1.89. The van der Waals surface area contributed by atoms with Crippen LogP contribution in [0, 0.1) is 6.92 Å². The first-order valence-electron chi connectivity index (χ1n) is 4.37. The Morgan fingerprint density at radius 2 is 2.21 bits per heavy atom. The Morgan fingerprint density at radius 3 is 2.86 bits per heavy atom. The second-order valence-corrected chi connectivity index (χ2v) is 4.90. The van der Waals surface area contributed by atoms with Crippen LogP contribution in [0.4, 0.5) is 0 Å². The van der Waals surface area contributed by atoms with Crippen LogP contribution in [0.5, 0.6) is 5.75 Å². The van der Waals surface area contributed by atoms with Gasteiger partial charge >= 0.3 is 0 Å². The molecule has 0 saturated carbocycles. The molecule has 0 amide bonds. The number of halogens is 2. The number of hydrogen-bond donors (Lipinski definition) is 0. The van der Waals surface area contributed by atoms with Crippen molar-refractivity contribution in [2.24, 2.45) is 0 Å². The summed E-state index contributed by atoms with van der Waals surface area (Å²) >= 11 is 6.94. The molecule has 0 bridgehead atoms. The molecule has 14 heavy (non-hydrogen) atoms. The molecular formula is C10H10Br2O2. The van der Waals surface area contributed by atoms with Crippen molar-refractivity contribution >= 4 is 31.9 Å². The van der Waals surface area contributed by atoms with E-state index in [1.165, 1.54) is 0 Å². The molecule has 1 atom stereocenters. The third-order valence-electron chi connectivity index (χ3n) is 2.12. The fourth-order valence-electron chi connectivity index (χ4n) is 1.14. The van der Waals surface area contributed by atoms with Crippen molar-refractivity contribution in [1.29, 1.82) is 0 Å². The molecule has 1 fully saturated rings. The molecule has 2 rings (SSSR count). The van der Waals surface area contributed by atoms with Gasteiger partial charge in [-0.2, -0.15) is 0 Å². The molecule has 0 radical (unpaired) electrons. The minimum atomic E-state index is 0.303. The third kappa shape index (κ3) is 2.30. The summed E-state index contributed by atoms with van der Waals surface area (Å²) in [4.78, 5) is 0. The Morgan fingerprint density at radius 1 is 1.50 bits per heavy atom. The maximum atomic E-state index is 5.62. The molecule has 1 aromatic rings. The lowest BCUT2D eigenvalue weighted by atomic mass is 10.2. The zero-order valence-electron chi connectivity index (χ0n) is 7.72. The average molecular weight is 322 g/mol. The summed E-state index contributed by atoms with van der Waals surface area (Å²) in [5, 5.41) is 0. The smallest absolute Gasteiger partial charge is 0.123 e. The van der Waals surface area contributed by atoms with Gasteiger partial charge < -0.3 is 9.47 Å². The Bertz CT molecular complexity index is 348. The van der Waals surface area contributed by atoms with Gasteiger partial charge in [-0.3, -0.25) is 0 Å². The molecular weight excluding hydrogens is 312 g/mol. The highest BCUT2D eigenvalue weighted by molar-refractivity contribution is 9.13. The average Bonchev–Trinajstić information content (AvgIpc) is 2.97. The van der Waals surface area contributed by atoms with Gasteiger partial charge in [-0.1, -0.05) is 0 Å². The molecule has 4 heteroatoms. The van der Waals surface area contributed by atoms with Gasteiger partial charge in [0.05, 0.1) is 6.61 Å². The van der Waals surface area contributed by atoms with Gasteiger partial charge in [0, 0.05) is 14.5 Å². The predicted molar refractivity (Wildman–Crippen MR) is 61.8 cm³/mol. The van der Waals surface area contributed by atoms with E-state index in [0.717, 1.165) is 26.9 Å². The van der Waals surface area contributed by atoms with Gasteiger partial charge in [-0.25, -0.2) is 0 Å². The standard InChI is InChI=1S/C10H10Br2O2/c1-6-9(14-5-7-4-13-7)3-2-8(11)10(6)12/h2-3,7H,4-5H2,1H3. The molecule has 1 unspecified atom stereocenters. The maximum Gasteiger partial charge on any atom is 0.123 e. The summed E-state index contributed by atoms with van der Waals surface area (Å²) in [6.07, 6.45) is 0.303. The molecule has 1 aromatic carbocycles. The predicted octanol–water partition coefficient (Wildman–Crippen LogP) is 3.30. The molecule has 1 saturated heterocycles. The lowest BCUT2D eigenvalue weighted by molar-refractivity contribution is 0.261. The van der Waals surface area contributed by atoms with E-state index >= 15 is 0 Å². The highest BCUT2D eigenvalue weighted by Gasteiger charge is 2.23. The van der Waals surface area contributed by atoms with E-state index in [1.807, 2.05) is 19.1 Å². The fraction of sp³-hybridized carbons (Fsp3) is 0.400. The first-order chi connectivity index (χ1) is 6.68. The van der Waals surface area contributed by atoms with Crippen LogP contribution in [0.2, 0.25) is 0 Å². The summed E-state index contributed by atoms with van der Waals surface area (Å²) in [5.74, 6) is 0.913. The summed E-state index contributed by atoms with van der Waals surface area (Å²) in [7, 11) is 0. The summed E-state index contributed by atoms with van der Waals surface area (Å²) in [5.41, 5.74) is 1.11. The Hall–Kier alpha value is -0.0600. The monoisotopic (exact) mass is 320 g/mol. The van der Waals surface area contributed by atoms with Crippen LogP contribution in [-0.4, -0.2) is 19.3 Å². The first-order valence-corrected chi connectivity index (χ1v) is 5.96. The van der Waals surface area contributed by atoms with Crippen LogP contribution in [0.1, 0.15) is 5.56 Å². The molecule has 2 nitrogen and oxygen atoms in total. The number of epoxide rings is 1.